The predicted octanol–water partition coefficient (Wildman–Crippen LogP) is 6.61. The van der Waals surface area contributed by atoms with E-state index in [-0.39, 0.29) is 0 Å². The van der Waals surface area contributed by atoms with Crippen LogP contribution in [0.1, 0.15) is 83.6 Å². The number of aromatic hydroxyl groups is 1. The van der Waals surface area contributed by atoms with Crippen LogP contribution in [-0.4, -0.2) is 17.4 Å². The smallest absolute Gasteiger partial charge is 0.124 e. The summed E-state index contributed by atoms with van der Waals surface area (Å²) in [5, 5.41) is 10.1. The van der Waals surface area contributed by atoms with E-state index in [0.717, 1.165) is 29.2 Å². The Morgan fingerprint density at radius 2 is 1.71 bits per heavy atom. The Bertz CT molecular complexity index is 757. The minimum atomic E-state index is 0.346. The summed E-state index contributed by atoms with van der Waals surface area (Å²) in [7, 11) is 0. The topological polar surface area (TPSA) is 32.6 Å². The van der Waals surface area contributed by atoms with E-state index in [1.807, 2.05) is 24.4 Å². The van der Waals surface area contributed by atoms with Crippen LogP contribution in [0.4, 0.5) is 0 Å². The van der Waals surface area contributed by atoms with Crippen molar-refractivity contribution in [2.24, 2.45) is 39.5 Å². The van der Waals surface area contributed by atoms with Crippen molar-refractivity contribution in [3.63, 3.8) is 0 Å². The van der Waals surface area contributed by atoms with E-state index in [9.17, 15) is 5.11 Å². The van der Waals surface area contributed by atoms with Gasteiger partial charge in [-0.1, -0.05) is 38.8 Å². The summed E-state index contributed by atoms with van der Waals surface area (Å²) in [5.41, 5.74) is 1.85. The Balaban J connectivity index is 1.37. The number of hydrogen-bond donors (Lipinski definition) is 1. The number of benzene rings is 1. The highest BCUT2D eigenvalue weighted by Gasteiger charge is 2.59. The third kappa shape index (κ3) is 2.77. The van der Waals surface area contributed by atoms with Crippen LogP contribution in [0.3, 0.4) is 0 Å². The molecule has 152 valence electrons. The quantitative estimate of drug-likeness (QED) is 0.576. The van der Waals surface area contributed by atoms with Crippen molar-refractivity contribution in [2.45, 2.75) is 84.1 Å². The van der Waals surface area contributed by atoms with Gasteiger partial charge in [0.05, 0.1) is 6.04 Å². The number of fused-ring (bicyclic) bond motifs is 5. The van der Waals surface area contributed by atoms with Gasteiger partial charge in [-0.05, 0) is 98.0 Å². The highest BCUT2D eigenvalue weighted by atomic mass is 16.3. The van der Waals surface area contributed by atoms with Gasteiger partial charge in [0.25, 0.3) is 0 Å². The zero-order valence-electron chi connectivity index (χ0n) is 17.7. The van der Waals surface area contributed by atoms with Crippen LogP contribution < -0.4 is 0 Å². The maximum Gasteiger partial charge on any atom is 0.124 e. The van der Waals surface area contributed by atoms with Crippen LogP contribution in [0.2, 0.25) is 0 Å². The highest BCUT2D eigenvalue weighted by Crippen LogP contribution is 2.66. The molecule has 4 saturated carbocycles. The van der Waals surface area contributed by atoms with Gasteiger partial charge in [-0.15, -0.1) is 0 Å². The summed E-state index contributed by atoms with van der Waals surface area (Å²) in [6.45, 7) is 5.21. The Labute approximate surface area is 170 Å². The van der Waals surface area contributed by atoms with Crippen molar-refractivity contribution < 1.29 is 5.11 Å². The summed E-state index contributed by atoms with van der Waals surface area (Å²) in [4.78, 5) is 5.06. The van der Waals surface area contributed by atoms with Gasteiger partial charge in [-0.3, -0.25) is 4.99 Å². The van der Waals surface area contributed by atoms with Gasteiger partial charge in [0, 0.05) is 11.8 Å². The lowest BCUT2D eigenvalue weighted by molar-refractivity contribution is -0.105. The molecule has 0 radical (unpaired) electrons. The van der Waals surface area contributed by atoms with Crippen molar-refractivity contribution in [3.05, 3.63) is 29.8 Å². The number of phenols is 1. The van der Waals surface area contributed by atoms with Gasteiger partial charge in [-0.2, -0.15) is 0 Å². The van der Waals surface area contributed by atoms with E-state index < -0.39 is 0 Å². The van der Waals surface area contributed by atoms with E-state index in [0.29, 0.717) is 22.6 Å². The molecule has 1 aromatic rings. The third-order valence-corrected chi connectivity index (χ3v) is 9.86. The van der Waals surface area contributed by atoms with Crippen LogP contribution in [0, 0.1) is 34.5 Å². The molecule has 1 N–H and O–H groups in total. The molecule has 0 heterocycles. The fraction of sp³-hybridized carbons (Fsp3) is 0.731. The Kier molecular flexibility index (Phi) is 4.60. The van der Waals surface area contributed by atoms with Crippen molar-refractivity contribution in [2.75, 3.05) is 0 Å². The molecule has 2 heteroatoms. The zero-order valence-corrected chi connectivity index (χ0v) is 17.7. The molecule has 2 nitrogen and oxygen atoms in total. The first-order chi connectivity index (χ1) is 13.5. The predicted molar refractivity (Wildman–Crippen MR) is 116 cm³/mol. The van der Waals surface area contributed by atoms with Gasteiger partial charge in [0.2, 0.25) is 0 Å². The summed E-state index contributed by atoms with van der Waals surface area (Å²) in [5.74, 6) is 4.10. The average Bonchev–Trinajstić information content (AvgIpc) is 3.03. The van der Waals surface area contributed by atoms with Gasteiger partial charge in [0.15, 0.2) is 0 Å². The Morgan fingerprint density at radius 1 is 0.893 bits per heavy atom. The van der Waals surface area contributed by atoms with Crippen molar-refractivity contribution >= 4 is 6.21 Å². The number of hydrogen-bond acceptors (Lipinski definition) is 2. The second-order valence-electron chi connectivity index (χ2n) is 10.9. The SMILES string of the molecule is C[C@]12CCCC[C@H]1CC[C@@H]1[C@@H]2CC[C@]2(C)[C@@H](N=Cc3ccccc3O)CC[C@@H]12. The maximum atomic E-state index is 10.1. The van der Waals surface area contributed by atoms with Crippen molar-refractivity contribution in [1.29, 1.82) is 0 Å². The molecule has 0 bridgehead atoms. The molecule has 0 saturated heterocycles. The van der Waals surface area contributed by atoms with E-state index in [2.05, 4.69) is 13.8 Å². The lowest BCUT2D eigenvalue weighted by Crippen LogP contribution is -2.53. The molecule has 0 amide bonds. The van der Waals surface area contributed by atoms with Crippen LogP contribution in [0.25, 0.3) is 0 Å². The first-order valence-corrected chi connectivity index (χ1v) is 11.8. The fourth-order valence-electron chi connectivity index (χ4n) is 8.28. The molecule has 0 spiro atoms. The number of rotatable bonds is 2. The van der Waals surface area contributed by atoms with Crippen LogP contribution >= 0.6 is 0 Å². The fourth-order valence-corrected chi connectivity index (χ4v) is 8.28. The number of nitrogens with zero attached hydrogens (tertiary/aromatic N) is 1. The first-order valence-electron chi connectivity index (χ1n) is 11.8. The number of para-hydroxylation sites is 1. The summed E-state index contributed by atoms with van der Waals surface area (Å²) >= 11 is 0. The normalized spacial score (nSPS) is 45.4. The van der Waals surface area contributed by atoms with E-state index in [4.69, 9.17) is 4.99 Å². The van der Waals surface area contributed by atoms with Gasteiger partial charge < -0.3 is 5.11 Å². The second kappa shape index (κ2) is 6.89. The van der Waals surface area contributed by atoms with Crippen LogP contribution in [0.5, 0.6) is 5.75 Å². The van der Waals surface area contributed by atoms with Crippen LogP contribution in [0.15, 0.2) is 29.3 Å². The lowest BCUT2D eigenvalue weighted by Gasteiger charge is -2.60. The maximum absolute atomic E-state index is 10.1. The van der Waals surface area contributed by atoms with E-state index in [1.165, 1.54) is 64.2 Å². The lowest BCUT2D eigenvalue weighted by atomic mass is 9.45. The van der Waals surface area contributed by atoms with Crippen LogP contribution in [-0.2, 0) is 0 Å². The monoisotopic (exact) mass is 379 g/mol. The molecule has 0 unspecified atom stereocenters. The molecule has 5 rings (SSSR count). The number of phenolic OH excluding ortho intramolecular Hbond substituents is 1. The molecular weight excluding hydrogens is 342 g/mol. The average molecular weight is 380 g/mol. The second-order valence-corrected chi connectivity index (χ2v) is 10.9. The largest absolute Gasteiger partial charge is 0.507 e. The van der Waals surface area contributed by atoms with Gasteiger partial charge >= 0.3 is 0 Å². The van der Waals surface area contributed by atoms with Gasteiger partial charge in [0.1, 0.15) is 5.75 Å². The molecule has 0 aliphatic heterocycles. The minimum Gasteiger partial charge on any atom is -0.507 e. The first kappa shape index (κ1) is 18.7. The van der Waals surface area contributed by atoms with Crippen molar-refractivity contribution in [3.8, 4) is 5.75 Å². The molecule has 0 aromatic heterocycles. The molecule has 1 aromatic carbocycles. The molecule has 4 aliphatic rings. The van der Waals surface area contributed by atoms with Crippen molar-refractivity contribution in [1.82, 2.24) is 0 Å². The summed E-state index contributed by atoms with van der Waals surface area (Å²) in [6, 6.07) is 8.01. The minimum absolute atomic E-state index is 0.346. The molecule has 4 aliphatic carbocycles. The molecule has 28 heavy (non-hydrogen) atoms. The highest BCUT2D eigenvalue weighted by molar-refractivity contribution is 5.83. The third-order valence-electron chi connectivity index (χ3n) is 9.86. The van der Waals surface area contributed by atoms with E-state index >= 15 is 0 Å². The Morgan fingerprint density at radius 3 is 2.57 bits per heavy atom. The number of aliphatic imine (C=N–C) groups is 1. The summed E-state index contributed by atoms with van der Waals surface area (Å²) < 4.78 is 0. The molecule has 7 atom stereocenters. The Hall–Kier alpha value is -1.31. The van der Waals surface area contributed by atoms with Gasteiger partial charge in [-0.25, -0.2) is 0 Å². The molecule has 4 fully saturated rings. The molecular formula is C26H37NO. The standard InChI is InChI=1S/C26H37NO/c1-25-15-6-5-8-19(25)10-11-20-21-12-13-24(26(21,2)16-14-22(20)25)27-17-18-7-3-4-9-23(18)28/h3-4,7,9,17,19-22,24,28H,5-6,8,10-16H2,1-2H3/t19-,20-,21-,22-,24-,25-,26-/m0/s1. The zero-order chi connectivity index (χ0) is 19.4. The van der Waals surface area contributed by atoms with E-state index in [1.54, 1.807) is 6.07 Å². The summed E-state index contributed by atoms with van der Waals surface area (Å²) in [6.07, 6.45) is 16.2.